The van der Waals surface area contributed by atoms with Gasteiger partial charge in [0.2, 0.25) is 5.91 Å². The number of carbonyl (C=O) groups excluding carboxylic acids is 1. The van der Waals surface area contributed by atoms with E-state index in [2.05, 4.69) is 20.2 Å². The minimum Gasteiger partial charge on any atom is -0.336 e. The number of hydrogen-bond donors (Lipinski definition) is 2. The number of halogens is 1. The molecule has 4 aromatic rings. The molecule has 4 rings (SSSR count). The minimum absolute atomic E-state index is 0.0261. The lowest BCUT2D eigenvalue weighted by molar-refractivity contribution is -0.133. The molecule has 162 valence electrons. The van der Waals surface area contributed by atoms with Crippen LogP contribution >= 0.6 is 22.9 Å². The molecular formula is C21H23ClN6O2S. The van der Waals surface area contributed by atoms with Crippen LogP contribution in [0.1, 0.15) is 27.7 Å². The highest BCUT2D eigenvalue weighted by atomic mass is 35.5. The molecule has 0 fully saturated rings. The van der Waals surface area contributed by atoms with Gasteiger partial charge in [-0.3, -0.25) is 14.7 Å². The third kappa shape index (κ3) is 3.79. The van der Waals surface area contributed by atoms with Gasteiger partial charge in [0, 0.05) is 42.9 Å². The van der Waals surface area contributed by atoms with Crippen molar-refractivity contribution in [2.24, 2.45) is 0 Å². The van der Waals surface area contributed by atoms with E-state index in [9.17, 15) is 9.59 Å². The summed E-state index contributed by atoms with van der Waals surface area (Å²) in [5, 5.41) is 9.42. The Morgan fingerprint density at radius 1 is 1.35 bits per heavy atom. The highest BCUT2D eigenvalue weighted by Gasteiger charge is 2.28. The van der Waals surface area contributed by atoms with E-state index >= 15 is 0 Å². The first-order valence-corrected chi connectivity index (χ1v) is 11.1. The lowest BCUT2D eigenvalue weighted by Crippen LogP contribution is -2.46. The SMILES string of the molecule is CC(=O)N(CCn1c(-c2sccc2Cl)c(-c2cn[nH]c2)c2nc[nH]c(=O)c21)C(C)(C)C. The number of aromatic amines is 2. The first kappa shape index (κ1) is 21.3. The van der Waals surface area contributed by atoms with Gasteiger partial charge in [-0.15, -0.1) is 11.3 Å². The Kier molecular flexibility index (Phi) is 5.49. The lowest BCUT2D eigenvalue weighted by atomic mass is 10.1. The minimum atomic E-state index is -0.354. The van der Waals surface area contributed by atoms with E-state index in [0.717, 1.165) is 21.7 Å². The van der Waals surface area contributed by atoms with E-state index in [1.165, 1.54) is 17.7 Å². The van der Waals surface area contributed by atoms with Crippen molar-refractivity contribution in [2.75, 3.05) is 6.54 Å². The first-order chi connectivity index (χ1) is 14.7. The van der Waals surface area contributed by atoms with Gasteiger partial charge in [0.05, 0.1) is 28.1 Å². The second-order valence-electron chi connectivity index (χ2n) is 8.23. The molecule has 0 atom stereocenters. The fraction of sp³-hybridized carbons (Fsp3) is 0.333. The number of hydrogen-bond acceptors (Lipinski definition) is 5. The summed E-state index contributed by atoms with van der Waals surface area (Å²) in [5.74, 6) is -0.0261. The summed E-state index contributed by atoms with van der Waals surface area (Å²) in [7, 11) is 0. The second-order valence-corrected chi connectivity index (χ2v) is 9.55. The van der Waals surface area contributed by atoms with E-state index in [1.54, 1.807) is 24.2 Å². The molecule has 0 saturated carbocycles. The summed E-state index contributed by atoms with van der Waals surface area (Å²) in [5.41, 5.74) is 2.78. The van der Waals surface area contributed by atoms with Crippen LogP contribution in [0.15, 0.2) is 35.0 Å². The molecule has 4 heterocycles. The van der Waals surface area contributed by atoms with Crippen LogP contribution in [0.25, 0.3) is 32.7 Å². The zero-order valence-corrected chi connectivity index (χ0v) is 19.3. The maximum atomic E-state index is 12.9. The van der Waals surface area contributed by atoms with Crippen LogP contribution < -0.4 is 5.56 Å². The van der Waals surface area contributed by atoms with Crippen molar-refractivity contribution < 1.29 is 4.79 Å². The molecule has 0 spiro atoms. The highest BCUT2D eigenvalue weighted by Crippen LogP contribution is 2.43. The molecule has 0 aromatic carbocycles. The van der Waals surface area contributed by atoms with E-state index in [1.807, 2.05) is 36.8 Å². The highest BCUT2D eigenvalue weighted by molar-refractivity contribution is 7.14. The van der Waals surface area contributed by atoms with Crippen molar-refractivity contribution in [1.29, 1.82) is 0 Å². The Bertz CT molecular complexity index is 1300. The molecule has 0 aliphatic heterocycles. The van der Waals surface area contributed by atoms with Gasteiger partial charge in [-0.2, -0.15) is 5.10 Å². The molecule has 0 bridgehead atoms. The Balaban J connectivity index is 1.99. The van der Waals surface area contributed by atoms with Gasteiger partial charge in [-0.1, -0.05) is 11.6 Å². The summed E-state index contributed by atoms with van der Waals surface area (Å²) in [4.78, 5) is 35.0. The van der Waals surface area contributed by atoms with Crippen molar-refractivity contribution in [2.45, 2.75) is 39.8 Å². The van der Waals surface area contributed by atoms with Crippen molar-refractivity contribution in [1.82, 2.24) is 29.6 Å². The zero-order chi connectivity index (χ0) is 22.3. The fourth-order valence-electron chi connectivity index (χ4n) is 3.93. The summed E-state index contributed by atoms with van der Waals surface area (Å²) in [6, 6.07) is 1.83. The van der Waals surface area contributed by atoms with Crippen molar-refractivity contribution in [3.63, 3.8) is 0 Å². The zero-order valence-electron chi connectivity index (χ0n) is 17.7. The van der Waals surface area contributed by atoms with Gasteiger partial charge >= 0.3 is 0 Å². The van der Waals surface area contributed by atoms with Crippen LogP contribution in [0.5, 0.6) is 0 Å². The molecule has 4 aromatic heterocycles. The van der Waals surface area contributed by atoms with Crippen LogP contribution in [0, 0.1) is 0 Å². The number of amides is 1. The predicted octanol–water partition coefficient (Wildman–Crippen LogP) is 4.14. The van der Waals surface area contributed by atoms with Gasteiger partial charge in [0.15, 0.2) is 0 Å². The largest absolute Gasteiger partial charge is 0.336 e. The third-order valence-electron chi connectivity index (χ3n) is 5.20. The summed E-state index contributed by atoms with van der Waals surface area (Å²) in [6.07, 6.45) is 4.86. The maximum absolute atomic E-state index is 12.9. The number of fused-ring (bicyclic) bond motifs is 1. The molecule has 8 nitrogen and oxygen atoms in total. The maximum Gasteiger partial charge on any atom is 0.275 e. The number of rotatable bonds is 5. The monoisotopic (exact) mass is 458 g/mol. The van der Waals surface area contributed by atoms with E-state index < -0.39 is 0 Å². The molecular weight excluding hydrogens is 436 g/mol. The summed E-state index contributed by atoms with van der Waals surface area (Å²) < 4.78 is 1.92. The van der Waals surface area contributed by atoms with E-state index in [4.69, 9.17) is 11.6 Å². The predicted molar refractivity (Wildman–Crippen MR) is 123 cm³/mol. The molecule has 0 unspecified atom stereocenters. The standard InChI is InChI=1S/C21H23ClN6O2S/c1-12(29)28(21(2,3)4)7-6-27-17(19-14(22)5-8-31-19)15(13-9-25-26-10-13)16-18(27)20(30)24-11-23-16/h5,8-11H,6-7H2,1-4H3,(H,25,26)(H,23,24,30). The number of carbonyl (C=O) groups is 1. The van der Waals surface area contributed by atoms with Gasteiger partial charge in [0.1, 0.15) is 11.0 Å². The van der Waals surface area contributed by atoms with E-state index in [0.29, 0.717) is 29.1 Å². The number of aromatic nitrogens is 5. The molecule has 1 amide bonds. The molecule has 0 saturated heterocycles. The van der Waals surface area contributed by atoms with Gasteiger partial charge in [-0.05, 0) is 32.2 Å². The number of thiophene rings is 1. The van der Waals surface area contributed by atoms with Crippen LogP contribution in [0.4, 0.5) is 0 Å². The summed E-state index contributed by atoms with van der Waals surface area (Å²) in [6.45, 7) is 8.36. The Hall–Kier alpha value is -2.91. The molecule has 2 N–H and O–H groups in total. The normalized spacial score (nSPS) is 11.9. The van der Waals surface area contributed by atoms with Gasteiger partial charge in [-0.25, -0.2) is 4.98 Å². The Morgan fingerprint density at radius 3 is 2.71 bits per heavy atom. The van der Waals surface area contributed by atoms with Crippen LogP contribution in [0.3, 0.4) is 0 Å². The number of H-pyrrole nitrogens is 2. The van der Waals surface area contributed by atoms with E-state index in [-0.39, 0.29) is 17.0 Å². The molecule has 10 heteroatoms. The average molecular weight is 459 g/mol. The fourth-order valence-corrected chi connectivity index (χ4v) is 5.14. The first-order valence-electron chi connectivity index (χ1n) is 9.80. The van der Waals surface area contributed by atoms with Crippen molar-refractivity contribution >= 4 is 39.9 Å². The van der Waals surface area contributed by atoms with Crippen molar-refractivity contribution in [3.05, 3.63) is 45.5 Å². The molecule has 0 aliphatic rings. The van der Waals surface area contributed by atoms with Crippen LogP contribution in [-0.4, -0.2) is 47.6 Å². The van der Waals surface area contributed by atoms with Crippen LogP contribution in [0.2, 0.25) is 5.02 Å². The Labute approximate surface area is 187 Å². The van der Waals surface area contributed by atoms with Crippen LogP contribution in [-0.2, 0) is 11.3 Å². The lowest BCUT2D eigenvalue weighted by Gasteiger charge is -2.35. The van der Waals surface area contributed by atoms with Gasteiger partial charge < -0.3 is 14.5 Å². The summed E-state index contributed by atoms with van der Waals surface area (Å²) >= 11 is 8.03. The number of nitrogens with one attached hydrogen (secondary N) is 2. The topological polar surface area (TPSA) is 99.7 Å². The molecule has 31 heavy (non-hydrogen) atoms. The third-order valence-corrected chi connectivity index (χ3v) is 6.55. The Morgan fingerprint density at radius 2 is 2.13 bits per heavy atom. The number of nitrogens with zero attached hydrogens (tertiary/aromatic N) is 4. The quantitative estimate of drug-likeness (QED) is 0.469. The van der Waals surface area contributed by atoms with Gasteiger partial charge in [0.25, 0.3) is 5.56 Å². The average Bonchev–Trinajstić information content (AvgIpc) is 3.39. The molecule has 0 aliphatic carbocycles. The molecule has 0 radical (unpaired) electrons. The van der Waals surface area contributed by atoms with Crippen molar-refractivity contribution in [3.8, 4) is 21.7 Å². The smallest absolute Gasteiger partial charge is 0.275 e. The second kappa shape index (κ2) is 7.97.